The van der Waals surface area contributed by atoms with Crippen LogP contribution in [0.1, 0.15) is 18.9 Å². The van der Waals surface area contributed by atoms with E-state index in [0.717, 1.165) is 36.6 Å². The first-order valence-corrected chi connectivity index (χ1v) is 6.59. The van der Waals surface area contributed by atoms with Crippen molar-refractivity contribution >= 4 is 5.91 Å². The van der Waals surface area contributed by atoms with Gasteiger partial charge < -0.3 is 20.1 Å². The molecule has 0 fully saturated rings. The molecular formula is C14H20N2O3. The second-order valence-electron chi connectivity index (χ2n) is 4.49. The molecule has 0 atom stereocenters. The van der Waals surface area contributed by atoms with Crippen LogP contribution in [-0.2, 0) is 11.3 Å². The van der Waals surface area contributed by atoms with E-state index in [1.807, 2.05) is 18.2 Å². The molecule has 104 valence electrons. The Morgan fingerprint density at radius 2 is 2.00 bits per heavy atom. The fourth-order valence-corrected chi connectivity index (χ4v) is 1.88. The van der Waals surface area contributed by atoms with Crippen molar-refractivity contribution in [3.8, 4) is 11.5 Å². The van der Waals surface area contributed by atoms with Gasteiger partial charge in [-0.3, -0.25) is 4.79 Å². The highest BCUT2D eigenvalue weighted by Gasteiger charge is 2.10. The Morgan fingerprint density at radius 3 is 2.79 bits per heavy atom. The normalized spacial score (nSPS) is 13.7. The fraction of sp³-hybridized carbons (Fsp3) is 0.500. The van der Waals surface area contributed by atoms with E-state index in [0.29, 0.717) is 19.8 Å². The highest BCUT2D eigenvalue weighted by atomic mass is 16.5. The number of benzene rings is 1. The quantitative estimate of drug-likeness (QED) is 0.781. The molecule has 1 heterocycles. The van der Waals surface area contributed by atoms with Crippen molar-refractivity contribution in [1.82, 2.24) is 10.6 Å². The van der Waals surface area contributed by atoms with E-state index in [2.05, 4.69) is 10.6 Å². The molecule has 2 rings (SSSR count). The van der Waals surface area contributed by atoms with Crippen molar-refractivity contribution in [3.05, 3.63) is 23.8 Å². The molecule has 0 aromatic heterocycles. The molecule has 2 N–H and O–H groups in total. The van der Waals surface area contributed by atoms with Gasteiger partial charge in [0.1, 0.15) is 0 Å². The van der Waals surface area contributed by atoms with E-state index >= 15 is 0 Å². The molecule has 1 aliphatic heterocycles. The second-order valence-corrected chi connectivity index (χ2v) is 4.49. The van der Waals surface area contributed by atoms with E-state index in [-0.39, 0.29) is 5.91 Å². The maximum atomic E-state index is 10.7. The first-order valence-electron chi connectivity index (χ1n) is 6.59. The van der Waals surface area contributed by atoms with Crippen LogP contribution in [0.25, 0.3) is 0 Å². The lowest BCUT2D eigenvalue weighted by Gasteiger charge is -2.10. The molecule has 5 nitrogen and oxygen atoms in total. The minimum absolute atomic E-state index is 0.00243. The number of carbonyl (C=O) groups is 1. The van der Waals surface area contributed by atoms with Crippen LogP contribution in [-0.4, -0.2) is 32.2 Å². The number of amides is 1. The van der Waals surface area contributed by atoms with E-state index in [4.69, 9.17) is 9.47 Å². The molecule has 19 heavy (non-hydrogen) atoms. The molecule has 1 aromatic carbocycles. The molecule has 0 aliphatic carbocycles. The molecule has 0 bridgehead atoms. The van der Waals surface area contributed by atoms with Crippen molar-refractivity contribution in [3.63, 3.8) is 0 Å². The largest absolute Gasteiger partial charge is 0.490 e. The van der Waals surface area contributed by atoms with Gasteiger partial charge in [0, 0.05) is 33.0 Å². The highest BCUT2D eigenvalue weighted by molar-refractivity contribution is 5.72. The van der Waals surface area contributed by atoms with E-state index in [1.54, 1.807) is 0 Å². The molecule has 5 heteroatoms. The number of ether oxygens (including phenoxy) is 2. The number of rotatable bonds is 5. The summed E-state index contributed by atoms with van der Waals surface area (Å²) in [6.07, 6.45) is 0.916. The maximum Gasteiger partial charge on any atom is 0.216 e. The van der Waals surface area contributed by atoms with Crippen molar-refractivity contribution < 1.29 is 14.3 Å². The maximum absolute atomic E-state index is 10.7. The Labute approximate surface area is 113 Å². The smallest absolute Gasteiger partial charge is 0.216 e. The van der Waals surface area contributed by atoms with Gasteiger partial charge in [-0.15, -0.1) is 0 Å². The first-order chi connectivity index (χ1) is 9.25. The first kappa shape index (κ1) is 13.7. The second kappa shape index (κ2) is 6.99. The Morgan fingerprint density at radius 1 is 1.21 bits per heavy atom. The van der Waals surface area contributed by atoms with Crippen LogP contribution in [0.3, 0.4) is 0 Å². The van der Waals surface area contributed by atoms with Crippen LogP contribution in [0.5, 0.6) is 11.5 Å². The predicted octanol–water partition coefficient (Wildman–Crippen LogP) is 1.07. The van der Waals surface area contributed by atoms with Crippen LogP contribution in [0.2, 0.25) is 0 Å². The number of hydrogen-bond acceptors (Lipinski definition) is 4. The summed E-state index contributed by atoms with van der Waals surface area (Å²) in [5.74, 6) is 1.63. The minimum atomic E-state index is -0.00243. The van der Waals surface area contributed by atoms with Gasteiger partial charge in [0.2, 0.25) is 5.91 Å². The lowest BCUT2D eigenvalue weighted by molar-refractivity contribution is -0.118. The Bertz CT molecular complexity index is 435. The van der Waals surface area contributed by atoms with Crippen LogP contribution in [0.4, 0.5) is 0 Å². The number of nitrogens with one attached hydrogen (secondary N) is 2. The van der Waals surface area contributed by atoms with Gasteiger partial charge in [-0.05, 0) is 17.7 Å². The lowest BCUT2D eigenvalue weighted by Crippen LogP contribution is -2.29. The standard InChI is InChI=1S/C14H20N2O3/c1-11(17)16-6-5-15-10-12-3-4-13-14(9-12)19-8-2-7-18-13/h3-4,9,15H,2,5-8,10H2,1H3,(H,16,17). The van der Waals surface area contributed by atoms with Gasteiger partial charge >= 0.3 is 0 Å². The van der Waals surface area contributed by atoms with Crippen LogP contribution in [0, 0.1) is 0 Å². The van der Waals surface area contributed by atoms with Crippen LogP contribution >= 0.6 is 0 Å². The molecule has 1 amide bonds. The SMILES string of the molecule is CC(=O)NCCNCc1ccc2c(c1)OCCCO2. The topological polar surface area (TPSA) is 59.6 Å². The van der Waals surface area contributed by atoms with E-state index in [1.165, 1.54) is 6.92 Å². The molecule has 1 aliphatic rings. The average molecular weight is 264 g/mol. The predicted molar refractivity (Wildman–Crippen MR) is 72.4 cm³/mol. The summed E-state index contributed by atoms with van der Waals surface area (Å²) in [5, 5.41) is 6.01. The molecule has 0 spiro atoms. The highest BCUT2D eigenvalue weighted by Crippen LogP contribution is 2.30. The zero-order valence-corrected chi connectivity index (χ0v) is 11.2. The Kier molecular flexibility index (Phi) is 5.03. The summed E-state index contributed by atoms with van der Waals surface area (Å²) in [5.41, 5.74) is 1.15. The number of fused-ring (bicyclic) bond motifs is 1. The lowest BCUT2D eigenvalue weighted by atomic mass is 10.2. The molecular weight excluding hydrogens is 244 g/mol. The Hall–Kier alpha value is -1.75. The van der Waals surface area contributed by atoms with Gasteiger partial charge in [-0.25, -0.2) is 0 Å². The summed E-state index contributed by atoms with van der Waals surface area (Å²) < 4.78 is 11.2. The zero-order chi connectivity index (χ0) is 13.5. The number of carbonyl (C=O) groups excluding carboxylic acids is 1. The van der Waals surface area contributed by atoms with Crippen molar-refractivity contribution in [2.45, 2.75) is 19.9 Å². The van der Waals surface area contributed by atoms with Gasteiger partial charge in [0.15, 0.2) is 11.5 Å². The number of hydrogen-bond donors (Lipinski definition) is 2. The molecule has 0 unspecified atom stereocenters. The van der Waals surface area contributed by atoms with Gasteiger partial charge in [-0.2, -0.15) is 0 Å². The van der Waals surface area contributed by atoms with Gasteiger partial charge in [0.25, 0.3) is 0 Å². The average Bonchev–Trinajstić information content (AvgIpc) is 2.62. The third-order valence-electron chi connectivity index (χ3n) is 2.82. The third kappa shape index (κ3) is 4.44. The van der Waals surface area contributed by atoms with E-state index < -0.39 is 0 Å². The molecule has 0 radical (unpaired) electrons. The summed E-state index contributed by atoms with van der Waals surface area (Å²) >= 11 is 0. The molecule has 1 aromatic rings. The van der Waals surface area contributed by atoms with Crippen molar-refractivity contribution in [1.29, 1.82) is 0 Å². The molecule has 0 saturated heterocycles. The van der Waals surface area contributed by atoms with Crippen molar-refractivity contribution in [2.24, 2.45) is 0 Å². The summed E-state index contributed by atoms with van der Waals surface area (Å²) in [4.78, 5) is 10.7. The van der Waals surface area contributed by atoms with Gasteiger partial charge in [0.05, 0.1) is 13.2 Å². The van der Waals surface area contributed by atoms with Crippen LogP contribution < -0.4 is 20.1 Å². The van der Waals surface area contributed by atoms with Crippen molar-refractivity contribution in [2.75, 3.05) is 26.3 Å². The van der Waals surface area contributed by atoms with Gasteiger partial charge in [-0.1, -0.05) is 6.07 Å². The monoisotopic (exact) mass is 264 g/mol. The summed E-state index contributed by atoms with van der Waals surface area (Å²) in [7, 11) is 0. The van der Waals surface area contributed by atoms with Crippen LogP contribution in [0.15, 0.2) is 18.2 Å². The summed E-state index contributed by atoms with van der Waals surface area (Å²) in [6, 6.07) is 5.98. The third-order valence-corrected chi connectivity index (χ3v) is 2.82. The minimum Gasteiger partial charge on any atom is -0.490 e. The van der Waals surface area contributed by atoms with E-state index in [9.17, 15) is 4.79 Å². The molecule has 0 saturated carbocycles. The fourth-order valence-electron chi connectivity index (χ4n) is 1.88. The summed E-state index contributed by atoms with van der Waals surface area (Å²) in [6.45, 7) is 5.06. The zero-order valence-electron chi connectivity index (χ0n) is 11.2. The Balaban J connectivity index is 1.81.